The molecule has 0 aromatic carbocycles. The van der Waals surface area contributed by atoms with Gasteiger partial charge in [0.15, 0.2) is 5.69 Å². The maximum atomic E-state index is 12.5. The van der Waals surface area contributed by atoms with Gasteiger partial charge in [-0.15, -0.1) is 11.3 Å². The zero-order valence-corrected chi connectivity index (χ0v) is 8.79. The Balaban J connectivity index is 2.23. The van der Waals surface area contributed by atoms with Crippen LogP contribution in [0.4, 0.5) is 13.2 Å². The van der Waals surface area contributed by atoms with Crippen LogP contribution in [0.2, 0.25) is 0 Å². The number of thiazole rings is 1. The molecule has 0 unspecified atom stereocenters. The van der Waals surface area contributed by atoms with E-state index in [1.165, 1.54) is 0 Å². The molecule has 0 spiro atoms. The van der Waals surface area contributed by atoms with E-state index < -0.39 is 11.9 Å². The Morgan fingerprint density at radius 1 is 1.40 bits per heavy atom. The highest BCUT2D eigenvalue weighted by molar-refractivity contribution is 7.11. The zero-order valence-electron chi connectivity index (χ0n) is 7.97. The SMILES string of the molecule is NCc1sc(CC2CC2)nc1C(F)(F)F. The molecular formula is C9H11F3N2S. The van der Waals surface area contributed by atoms with Gasteiger partial charge in [-0.3, -0.25) is 0 Å². The summed E-state index contributed by atoms with van der Waals surface area (Å²) in [4.78, 5) is 3.80. The highest BCUT2D eigenvalue weighted by Gasteiger charge is 2.37. The predicted octanol–water partition coefficient (Wildman–Crippen LogP) is 2.57. The summed E-state index contributed by atoms with van der Waals surface area (Å²) < 4.78 is 37.5. The van der Waals surface area contributed by atoms with Crippen molar-refractivity contribution in [3.8, 4) is 0 Å². The molecule has 1 aromatic rings. The molecule has 0 bridgehead atoms. The first-order chi connectivity index (χ1) is 7.00. The van der Waals surface area contributed by atoms with Gasteiger partial charge in [0.2, 0.25) is 0 Å². The van der Waals surface area contributed by atoms with Crippen molar-refractivity contribution in [3.05, 3.63) is 15.6 Å². The highest BCUT2D eigenvalue weighted by atomic mass is 32.1. The second-order valence-corrected chi connectivity index (χ2v) is 4.90. The molecule has 6 heteroatoms. The lowest BCUT2D eigenvalue weighted by molar-refractivity contribution is -0.141. The average molecular weight is 236 g/mol. The summed E-state index contributed by atoms with van der Waals surface area (Å²) >= 11 is 1.10. The van der Waals surface area contributed by atoms with E-state index in [0.29, 0.717) is 17.3 Å². The highest BCUT2D eigenvalue weighted by Crippen LogP contribution is 2.38. The molecule has 84 valence electrons. The quantitative estimate of drug-likeness (QED) is 0.876. The molecule has 0 atom stereocenters. The molecule has 2 N–H and O–H groups in total. The number of nitrogens with two attached hydrogens (primary N) is 1. The fourth-order valence-corrected chi connectivity index (χ4v) is 2.50. The third-order valence-electron chi connectivity index (χ3n) is 2.36. The van der Waals surface area contributed by atoms with Gasteiger partial charge in [-0.1, -0.05) is 0 Å². The first kappa shape index (κ1) is 10.9. The molecule has 0 amide bonds. The molecule has 2 nitrogen and oxygen atoms in total. The average Bonchev–Trinajstić information content (AvgIpc) is 2.81. The van der Waals surface area contributed by atoms with Crippen molar-refractivity contribution in [1.29, 1.82) is 0 Å². The van der Waals surface area contributed by atoms with E-state index in [2.05, 4.69) is 4.98 Å². The molecule has 1 fully saturated rings. The van der Waals surface area contributed by atoms with Crippen molar-refractivity contribution < 1.29 is 13.2 Å². The molecule has 0 saturated heterocycles. The van der Waals surface area contributed by atoms with Crippen LogP contribution in [0, 0.1) is 5.92 Å². The number of hydrogen-bond acceptors (Lipinski definition) is 3. The number of aromatic nitrogens is 1. The van der Waals surface area contributed by atoms with Crippen LogP contribution >= 0.6 is 11.3 Å². The van der Waals surface area contributed by atoms with Gasteiger partial charge < -0.3 is 5.73 Å². The van der Waals surface area contributed by atoms with Gasteiger partial charge >= 0.3 is 6.18 Å². The third-order valence-corrected chi connectivity index (χ3v) is 3.46. The lowest BCUT2D eigenvalue weighted by atomic mass is 10.3. The van der Waals surface area contributed by atoms with E-state index in [4.69, 9.17) is 5.73 Å². The topological polar surface area (TPSA) is 38.9 Å². The van der Waals surface area contributed by atoms with Crippen molar-refractivity contribution in [1.82, 2.24) is 4.98 Å². The summed E-state index contributed by atoms with van der Waals surface area (Å²) in [6.45, 7) is -0.0861. The van der Waals surface area contributed by atoms with E-state index in [-0.39, 0.29) is 11.4 Å². The van der Waals surface area contributed by atoms with Crippen LogP contribution in [0.1, 0.15) is 28.4 Å². The second-order valence-electron chi connectivity index (χ2n) is 3.73. The molecule has 1 aliphatic rings. The van der Waals surface area contributed by atoms with E-state index in [9.17, 15) is 13.2 Å². The first-order valence-corrected chi connectivity index (χ1v) is 5.58. The third kappa shape index (κ3) is 2.49. The van der Waals surface area contributed by atoms with E-state index in [0.717, 1.165) is 24.2 Å². The maximum absolute atomic E-state index is 12.5. The Kier molecular flexibility index (Phi) is 2.72. The van der Waals surface area contributed by atoms with Crippen molar-refractivity contribution in [3.63, 3.8) is 0 Å². The van der Waals surface area contributed by atoms with Crippen molar-refractivity contribution >= 4 is 11.3 Å². The minimum Gasteiger partial charge on any atom is -0.326 e. The largest absolute Gasteiger partial charge is 0.434 e. The summed E-state index contributed by atoms with van der Waals surface area (Å²) in [5, 5.41) is 0.574. The van der Waals surface area contributed by atoms with Crippen molar-refractivity contribution in [2.75, 3.05) is 0 Å². The first-order valence-electron chi connectivity index (χ1n) is 4.76. The smallest absolute Gasteiger partial charge is 0.326 e. The lowest BCUT2D eigenvalue weighted by Crippen LogP contribution is -2.10. The Morgan fingerprint density at radius 3 is 2.47 bits per heavy atom. The van der Waals surface area contributed by atoms with Gasteiger partial charge in [0.25, 0.3) is 0 Å². The van der Waals surface area contributed by atoms with Crippen LogP contribution in [0.25, 0.3) is 0 Å². The minimum atomic E-state index is -4.37. The van der Waals surface area contributed by atoms with Gasteiger partial charge in [-0.2, -0.15) is 13.2 Å². The molecule has 1 saturated carbocycles. The molecule has 15 heavy (non-hydrogen) atoms. The number of nitrogens with zero attached hydrogens (tertiary/aromatic N) is 1. The summed E-state index contributed by atoms with van der Waals surface area (Å²) in [6.07, 6.45) is -1.47. The lowest BCUT2D eigenvalue weighted by Gasteiger charge is -2.03. The number of halogens is 3. The minimum absolute atomic E-state index is 0.0861. The van der Waals surface area contributed by atoms with Crippen molar-refractivity contribution in [2.24, 2.45) is 11.7 Å². The van der Waals surface area contributed by atoms with E-state index in [1.54, 1.807) is 0 Å². The van der Waals surface area contributed by atoms with Gasteiger partial charge in [0.05, 0.1) is 9.88 Å². The van der Waals surface area contributed by atoms with Crippen molar-refractivity contribution in [2.45, 2.75) is 32.0 Å². The fourth-order valence-electron chi connectivity index (χ4n) is 1.42. The molecule has 2 rings (SSSR count). The summed E-state index contributed by atoms with van der Waals surface area (Å²) in [6, 6.07) is 0. The van der Waals surface area contributed by atoms with Gasteiger partial charge in [0, 0.05) is 13.0 Å². The van der Waals surface area contributed by atoms with Gasteiger partial charge in [0.1, 0.15) is 0 Å². The number of alkyl halides is 3. The zero-order chi connectivity index (χ0) is 11.1. The second kappa shape index (κ2) is 3.75. The van der Waals surface area contributed by atoms with Crippen LogP contribution in [0.3, 0.4) is 0 Å². The van der Waals surface area contributed by atoms with Gasteiger partial charge in [-0.05, 0) is 18.8 Å². The predicted molar refractivity (Wildman–Crippen MR) is 51.4 cm³/mol. The molecular weight excluding hydrogens is 225 g/mol. The normalized spacial score (nSPS) is 17.1. The van der Waals surface area contributed by atoms with E-state index in [1.807, 2.05) is 0 Å². The summed E-state index contributed by atoms with van der Waals surface area (Å²) in [5.74, 6) is 0.544. The summed E-state index contributed by atoms with van der Waals surface area (Å²) in [7, 11) is 0. The summed E-state index contributed by atoms with van der Waals surface area (Å²) in [5.41, 5.74) is 4.49. The van der Waals surface area contributed by atoms with Crippen LogP contribution < -0.4 is 5.73 Å². The molecule has 0 radical (unpaired) electrons. The molecule has 1 aliphatic carbocycles. The fraction of sp³-hybridized carbons (Fsp3) is 0.667. The van der Waals surface area contributed by atoms with Crippen LogP contribution in [0.5, 0.6) is 0 Å². The maximum Gasteiger partial charge on any atom is 0.434 e. The Labute approximate surface area is 89.3 Å². The van der Waals surface area contributed by atoms with E-state index >= 15 is 0 Å². The van der Waals surface area contributed by atoms with Crippen LogP contribution in [-0.2, 0) is 19.1 Å². The Morgan fingerprint density at radius 2 is 2.07 bits per heavy atom. The van der Waals surface area contributed by atoms with Gasteiger partial charge in [-0.25, -0.2) is 4.98 Å². The Bertz CT molecular complexity index is 355. The Hall–Kier alpha value is -0.620. The number of rotatable bonds is 3. The monoisotopic (exact) mass is 236 g/mol. The number of hydrogen-bond donors (Lipinski definition) is 1. The van der Waals surface area contributed by atoms with Crippen LogP contribution in [0.15, 0.2) is 0 Å². The molecule has 1 heterocycles. The molecule has 0 aliphatic heterocycles. The van der Waals surface area contributed by atoms with Crippen LogP contribution in [-0.4, -0.2) is 4.98 Å². The molecule has 1 aromatic heterocycles. The standard InChI is InChI=1S/C9H11F3N2S/c10-9(11,12)8-6(4-13)15-7(14-8)3-5-1-2-5/h5H,1-4,13H2.